The Labute approximate surface area is 129 Å². The third kappa shape index (κ3) is 3.44. The molecular formula is C14H15Br2NS. The zero-order valence-corrected chi connectivity index (χ0v) is 14.1. The number of hydrogen-bond donors (Lipinski definition) is 1. The van der Waals surface area contributed by atoms with Crippen LogP contribution >= 0.6 is 43.2 Å². The summed E-state index contributed by atoms with van der Waals surface area (Å²) in [5, 5.41) is 0. The molecule has 1 unspecified atom stereocenters. The highest BCUT2D eigenvalue weighted by atomic mass is 79.9. The SMILES string of the molecule is CCc1ccc(CC(N)c2cc(Br)c(Br)s2)cc1. The summed E-state index contributed by atoms with van der Waals surface area (Å²) in [4.78, 5) is 1.20. The van der Waals surface area contributed by atoms with Crippen LogP contribution in [0.1, 0.15) is 29.0 Å². The van der Waals surface area contributed by atoms with Gasteiger partial charge in [0, 0.05) is 15.4 Å². The molecule has 0 fully saturated rings. The molecular weight excluding hydrogens is 374 g/mol. The number of rotatable bonds is 4. The van der Waals surface area contributed by atoms with Gasteiger partial charge in [-0.15, -0.1) is 11.3 Å². The molecule has 0 aliphatic heterocycles. The molecule has 0 saturated heterocycles. The normalized spacial score (nSPS) is 12.7. The molecule has 1 aromatic carbocycles. The second-order valence-electron chi connectivity index (χ2n) is 4.25. The lowest BCUT2D eigenvalue weighted by Gasteiger charge is -2.10. The molecule has 0 radical (unpaired) electrons. The predicted octanol–water partition coefficient (Wildman–Crippen LogP) is 5.08. The average Bonchev–Trinajstić information content (AvgIpc) is 2.71. The second-order valence-corrected chi connectivity index (χ2v) is 7.51. The van der Waals surface area contributed by atoms with Crippen LogP contribution in [0.25, 0.3) is 0 Å². The van der Waals surface area contributed by atoms with Gasteiger partial charge in [-0.2, -0.15) is 0 Å². The summed E-state index contributed by atoms with van der Waals surface area (Å²) in [5.41, 5.74) is 8.91. The maximum Gasteiger partial charge on any atom is 0.0843 e. The van der Waals surface area contributed by atoms with Crippen LogP contribution in [0.4, 0.5) is 0 Å². The number of benzene rings is 1. The largest absolute Gasteiger partial charge is 0.323 e. The van der Waals surface area contributed by atoms with Crippen molar-refractivity contribution < 1.29 is 0 Å². The first-order valence-electron chi connectivity index (χ1n) is 5.88. The monoisotopic (exact) mass is 387 g/mol. The fourth-order valence-corrected chi connectivity index (χ4v) is 3.90. The van der Waals surface area contributed by atoms with Gasteiger partial charge in [0.05, 0.1) is 3.79 Å². The topological polar surface area (TPSA) is 26.0 Å². The molecule has 2 aromatic rings. The number of hydrogen-bond acceptors (Lipinski definition) is 2. The van der Waals surface area contributed by atoms with Gasteiger partial charge in [0.1, 0.15) is 0 Å². The van der Waals surface area contributed by atoms with Gasteiger partial charge in [-0.1, -0.05) is 31.2 Å². The lowest BCUT2D eigenvalue weighted by Crippen LogP contribution is -2.11. The summed E-state index contributed by atoms with van der Waals surface area (Å²) >= 11 is 8.70. The van der Waals surface area contributed by atoms with Crippen molar-refractivity contribution in [2.45, 2.75) is 25.8 Å². The molecule has 4 heteroatoms. The first-order valence-corrected chi connectivity index (χ1v) is 8.28. The van der Waals surface area contributed by atoms with E-state index in [0.717, 1.165) is 21.1 Å². The van der Waals surface area contributed by atoms with E-state index in [2.05, 4.69) is 69.1 Å². The van der Waals surface area contributed by atoms with Crippen molar-refractivity contribution in [2.24, 2.45) is 5.73 Å². The average molecular weight is 389 g/mol. The van der Waals surface area contributed by atoms with Gasteiger partial charge in [0.25, 0.3) is 0 Å². The van der Waals surface area contributed by atoms with Crippen molar-refractivity contribution in [1.29, 1.82) is 0 Å². The molecule has 2 rings (SSSR count). The van der Waals surface area contributed by atoms with Crippen LogP contribution in [-0.4, -0.2) is 0 Å². The first kappa shape index (κ1) is 14.3. The maximum absolute atomic E-state index is 6.25. The van der Waals surface area contributed by atoms with Gasteiger partial charge < -0.3 is 5.73 Å². The summed E-state index contributed by atoms with van der Waals surface area (Å²) in [6.07, 6.45) is 1.96. The molecule has 0 bridgehead atoms. The molecule has 1 heterocycles. The van der Waals surface area contributed by atoms with Crippen LogP contribution in [0.2, 0.25) is 0 Å². The molecule has 0 amide bonds. The van der Waals surface area contributed by atoms with Crippen molar-refractivity contribution in [3.8, 4) is 0 Å². The molecule has 0 aliphatic rings. The van der Waals surface area contributed by atoms with E-state index in [1.54, 1.807) is 11.3 Å². The molecule has 1 aromatic heterocycles. The number of halogens is 2. The minimum atomic E-state index is 0.0603. The molecule has 0 spiro atoms. The van der Waals surface area contributed by atoms with Crippen molar-refractivity contribution >= 4 is 43.2 Å². The van der Waals surface area contributed by atoms with Crippen LogP contribution in [0.3, 0.4) is 0 Å². The van der Waals surface area contributed by atoms with E-state index in [1.165, 1.54) is 16.0 Å². The van der Waals surface area contributed by atoms with E-state index in [1.807, 2.05) is 0 Å². The van der Waals surface area contributed by atoms with Gasteiger partial charge in [-0.25, -0.2) is 0 Å². The van der Waals surface area contributed by atoms with Crippen LogP contribution in [-0.2, 0) is 12.8 Å². The third-order valence-corrected chi connectivity index (χ3v) is 6.30. The Morgan fingerprint density at radius 2 is 1.78 bits per heavy atom. The predicted molar refractivity (Wildman–Crippen MR) is 86.2 cm³/mol. The minimum Gasteiger partial charge on any atom is -0.323 e. The van der Waals surface area contributed by atoms with Gasteiger partial charge >= 0.3 is 0 Å². The highest BCUT2D eigenvalue weighted by Crippen LogP contribution is 2.35. The lowest BCUT2D eigenvalue weighted by atomic mass is 10.0. The van der Waals surface area contributed by atoms with Crippen LogP contribution < -0.4 is 5.73 Å². The lowest BCUT2D eigenvalue weighted by molar-refractivity contribution is 0.736. The van der Waals surface area contributed by atoms with Crippen LogP contribution in [0.15, 0.2) is 38.6 Å². The Bertz CT molecular complexity index is 500. The standard InChI is InChI=1S/C14H15Br2NS/c1-2-9-3-5-10(6-4-9)7-12(17)13-8-11(15)14(16)18-13/h3-6,8,12H,2,7,17H2,1H3. The Kier molecular flexibility index (Phi) is 5.01. The molecule has 2 N–H and O–H groups in total. The van der Waals surface area contributed by atoms with Crippen molar-refractivity contribution in [3.63, 3.8) is 0 Å². The summed E-state index contributed by atoms with van der Waals surface area (Å²) in [5.74, 6) is 0. The highest BCUT2D eigenvalue weighted by molar-refractivity contribution is 9.13. The van der Waals surface area contributed by atoms with Gasteiger partial charge in [0.2, 0.25) is 0 Å². The summed E-state index contributed by atoms with van der Waals surface area (Å²) in [6, 6.07) is 10.9. The van der Waals surface area contributed by atoms with Gasteiger partial charge in [-0.05, 0) is 61.9 Å². The van der Waals surface area contributed by atoms with Crippen molar-refractivity contribution in [3.05, 3.63) is 54.6 Å². The second kappa shape index (κ2) is 6.33. The zero-order chi connectivity index (χ0) is 13.1. The van der Waals surface area contributed by atoms with E-state index in [4.69, 9.17) is 5.73 Å². The quantitative estimate of drug-likeness (QED) is 0.776. The summed E-state index contributed by atoms with van der Waals surface area (Å²) in [7, 11) is 0. The molecule has 18 heavy (non-hydrogen) atoms. The Morgan fingerprint density at radius 3 is 2.28 bits per heavy atom. The molecule has 1 nitrogen and oxygen atoms in total. The Balaban J connectivity index is 2.08. The molecule has 96 valence electrons. The zero-order valence-electron chi connectivity index (χ0n) is 10.1. The summed E-state index contributed by atoms with van der Waals surface area (Å²) in [6.45, 7) is 2.17. The van der Waals surface area contributed by atoms with Crippen LogP contribution in [0.5, 0.6) is 0 Å². The minimum absolute atomic E-state index is 0.0603. The molecule has 0 aliphatic carbocycles. The maximum atomic E-state index is 6.25. The van der Waals surface area contributed by atoms with E-state index < -0.39 is 0 Å². The molecule has 1 atom stereocenters. The Hall–Kier alpha value is -0.160. The van der Waals surface area contributed by atoms with Gasteiger partial charge in [0.15, 0.2) is 0 Å². The van der Waals surface area contributed by atoms with Gasteiger partial charge in [-0.3, -0.25) is 0 Å². The third-order valence-electron chi connectivity index (χ3n) is 2.92. The first-order chi connectivity index (χ1) is 8.60. The number of nitrogens with two attached hydrogens (primary N) is 1. The van der Waals surface area contributed by atoms with Crippen molar-refractivity contribution in [1.82, 2.24) is 0 Å². The van der Waals surface area contributed by atoms with Crippen LogP contribution in [0, 0.1) is 0 Å². The number of aryl methyl sites for hydroxylation is 1. The van der Waals surface area contributed by atoms with E-state index in [9.17, 15) is 0 Å². The molecule has 0 saturated carbocycles. The van der Waals surface area contributed by atoms with E-state index in [0.29, 0.717) is 0 Å². The fraction of sp³-hybridized carbons (Fsp3) is 0.286. The fourth-order valence-electron chi connectivity index (χ4n) is 1.81. The Morgan fingerprint density at radius 1 is 1.17 bits per heavy atom. The smallest absolute Gasteiger partial charge is 0.0843 e. The highest BCUT2D eigenvalue weighted by Gasteiger charge is 2.12. The van der Waals surface area contributed by atoms with E-state index in [-0.39, 0.29) is 6.04 Å². The van der Waals surface area contributed by atoms with E-state index >= 15 is 0 Å². The summed E-state index contributed by atoms with van der Waals surface area (Å²) < 4.78 is 2.19. The van der Waals surface area contributed by atoms with Crippen molar-refractivity contribution in [2.75, 3.05) is 0 Å². The number of thiophene rings is 1.